The van der Waals surface area contributed by atoms with Crippen molar-refractivity contribution >= 4 is 18.1 Å². The second-order valence-electron chi connectivity index (χ2n) is 5.83. The Hall–Kier alpha value is -1.84. The third-order valence-electron chi connectivity index (χ3n) is 3.17. The van der Waals surface area contributed by atoms with Gasteiger partial charge in [-0.25, -0.2) is 4.79 Å². The smallest absolute Gasteiger partial charge is 0.308 e. The van der Waals surface area contributed by atoms with Crippen molar-refractivity contribution in [1.29, 1.82) is 0 Å². The standard InChI is InChI=1S/C15H21N3O/c1-15(2,3)12-5-7-13(8-6-12)17-14(19)18-10-4-9-16-11-18/h5-8,11H,4,9-10H2,1-3H3,(H,17,19). The van der Waals surface area contributed by atoms with Gasteiger partial charge in [0.25, 0.3) is 0 Å². The van der Waals surface area contributed by atoms with Crippen LogP contribution >= 0.6 is 0 Å². The van der Waals surface area contributed by atoms with Crippen LogP contribution in [-0.2, 0) is 5.41 Å². The Morgan fingerprint density at radius 2 is 1.95 bits per heavy atom. The van der Waals surface area contributed by atoms with E-state index < -0.39 is 0 Å². The highest BCUT2D eigenvalue weighted by Crippen LogP contribution is 2.23. The number of aliphatic imine (C=N–C) groups is 1. The summed E-state index contributed by atoms with van der Waals surface area (Å²) in [6.07, 6.45) is 2.54. The van der Waals surface area contributed by atoms with Gasteiger partial charge >= 0.3 is 6.03 Å². The zero-order valence-electron chi connectivity index (χ0n) is 11.8. The van der Waals surface area contributed by atoms with Gasteiger partial charge in [-0.3, -0.25) is 9.89 Å². The van der Waals surface area contributed by atoms with Gasteiger partial charge < -0.3 is 5.32 Å². The quantitative estimate of drug-likeness (QED) is 0.826. The number of carbonyl (C=O) groups excluding carboxylic acids is 1. The zero-order valence-corrected chi connectivity index (χ0v) is 11.8. The molecule has 0 aromatic heterocycles. The second kappa shape index (κ2) is 5.43. The van der Waals surface area contributed by atoms with E-state index in [0.29, 0.717) is 0 Å². The number of rotatable bonds is 1. The molecule has 0 saturated heterocycles. The number of nitrogens with one attached hydrogen (secondary N) is 1. The van der Waals surface area contributed by atoms with E-state index in [2.05, 4.69) is 43.2 Å². The zero-order chi connectivity index (χ0) is 13.9. The summed E-state index contributed by atoms with van der Waals surface area (Å²) in [4.78, 5) is 17.7. The van der Waals surface area contributed by atoms with Crippen LogP contribution in [0.1, 0.15) is 32.8 Å². The average molecular weight is 259 g/mol. The Kier molecular flexibility index (Phi) is 3.88. The summed E-state index contributed by atoms with van der Waals surface area (Å²) in [5.41, 5.74) is 2.20. The SMILES string of the molecule is CC(C)(C)c1ccc(NC(=O)N2C=NCCC2)cc1. The minimum absolute atomic E-state index is 0.119. The van der Waals surface area contributed by atoms with E-state index >= 15 is 0 Å². The van der Waals surface area contributed by atoms with Crippen LogP contribution in [0, 0.1) is 0 Å². The topological polar surface area (TPSA) is 44.7 Å². The number of amides is 2. The minimum atomic E-state index is -0.119. The first-order valence-corrected chi connectivity index (χ1v) is 6.65. The molecule has 0 atom stereocenters. The lowest BCUT2D eigenvalue weighted by atomic mass is 9.87. The summed E-state index contributed by atoms with van der Waals surface area (Å²) in [6.45, 7) is 8.06. The van der Waals surface area contributed by atoms with Crippen LogP contribution in [0.4, 0.5) is 10.5 Å². The maximum absolute atomic E-state index is 12.0. The minimum Gasteiger partial charge on any atom is -0.308 e. The Labute approximate surface area is 114 Å². The highest BCUT2D eigenvalue weighted by atomic mass is 16.2. The van der Waals surface area contributed by atoms with E-state index in [0.717, 1.165) is 25.2 Å². The number of hydrogen-bond donors (Lipinski definition) is 1. The van der Waals surface area contributed by atoms with Gasteiger partial charge in [-0.05, 0) is 29.5 Å². The first-order chi connectivity index (χ1) is 8.97. The van der Waals surface area contributed by atoms with Crippen molar-refractivity contribution in [2.75, 3.05) is 18.4 Å². The Morgan fingerprint density at radius 3 is 2.47 bits per heavy atom. The van der Waals surface area contributed by atoms with Crippen molar-refractivity contribution in [3.8, 4) is 0 Å². The van der Waals surface area contributed by atoms with E-state index in [1.165, 1.54) is 5.56 Å². The number of hydrogen-bond acceptors (Lipinski definition) is 2. The molecule has 4 nitrogen and oxygen atoms in total. The van der Waals surface area contributed by atoms with E-state index in [9.17, 15) is 4.79 Å². The monoisotopic (exact) mass is 259 g/mol. The molecule has 1 aliphatic rings. The van der Waals surface area contributed by atoms with Crippen LogP contribution in [0.25, 0.3) is 0 Å². The van der Waals surface area contributed by atoms with Crippen molar-refractivity contribution in [2.24, 2.45) is 4.99 Å². The molecule has 102 valence electrons. The molecule has 2 rings (SSSR count). The van der Waals surface area contributed by atoms with E-state index in [4.69, 9.17) is 0 Å². The molecule has 19 heavy (non-hydrogen) atoms. The highest BCUT2D eigenvalue weighted by molar-refractivity contribution is 5.96. The molecule has 4 heteroatoms. The predicted octanol–water partition coefficient (Wildman–Crippen LogP) is 3.25. The van der Waals surface area contributed by atoms with Crippen LogP contribution < -0.4 is 5.32 Å². The van der Waals surface area contributed by atoms with Crippen molar-refractivity contribution in [2.45, 2.75) is 32.6 Å². The van der Waals surface area contributed by atoms with Crippen LogP contribution in [0.3, 0.4) is 0 Å². The van der Waals surface area contributed by atoms with Gasteiger partial charge in [-0.15, -0.1) is 0 Å². The fourth-order valence-electron chi connectivity index (χ4n) is 1.95. The van der Waals surface area contributed by atoms with Gasteiger partial charge in [0.2, 0.25) is 0 Å². The first kappa shape index (κ1) is 13.6. The molecule has 1 aliphatic heterocycles. The summed E-state index contributed by atoms with van der Waals surface area (Å²) in [6, 6.07) is 7.88. The number of nitrogens with zero attached hydrogens (tertiary/aromatic N) is 2. The van der Waals surface area contributed by atoms with E-state index in [1.54, 1.807) is 11.2 Å². The van der Waals surface area contributed by atoms with Gasteiger partial charge in [-0.1, -0.05) is 32.9 Å². The van der Waals surface area contributed by atoms with Gasteiger partial charge in [0.05, 0.1) is 6.34 Å². The number of anilines is 1. The number of urea groups is 1. The van der Waals surface area contributed by atoms with E-state index in [-0.39, 0.29) is 11.4 Å². The second-order valence-corrected chi connectivity index (χ2v) is 5.83. The molecule has 0 fully saturated rings. The lowest BCUT2D eigenvalue weighted by Crippen LogP contribution is -2.36. The fraction of sp³-hybridized carbons (Fsp3) is 0.467. The van der Waals surface area contributed by atoms with Crippen molar-refractivity contribution < 1.29 is 4.79 Å². The molecule has 0 radical (unpaired) electrons. The van der Waals surface area contributed by atoms with Gasteiger partial charge in [0, 0.05) is 18.8 Å². The molecule has 1 aromatic rings. The molecule has 0 bridgehead atoms. The van der Waals surface area contributed by atoms with Crippen molar-refractivity contribution in [3.05, 3.63) is 29.8 Å². The molecular formula is C15H21N3O. The largest absolute Gasteiger partial charge is 0.327 e. The number of carbonyl (C=O) groups is 1. The van der Waals surface area contributed by atoms with Gasteiger partial charge in [-0.2, -0.15) is 0 Å². The summed E-state index contributed by atoms with van der Waals surface area (Å²) in [7, 11) is 0. The highest BCUT2D eigenvalue weighted by Gasteiger charge is 2.15. The molecular weight excluding hydrogens is 238 g/mol. The lowest BCUT2D eigenvalue weighted by Gasteiger charge is -2.22. The number of benzene rings is 1. The molecule has 1 aromatic carbocycles. The summed E-state index contributed by atoms with van der Waals surface area (Å²) >= 11 is 0. The molecule has 1 N–H and O–H groups in total. The van der Waals surface area contributed by atoms with E-state index in [1.807, 2.05) is 12.1 Å². The molecule has 0 saturated carbocycles. The first-order valence-electron chi connectivity index (χ1n) is 6.65. The van der Waals surface area contributed by atoms with Crippen molar-refractivity contribution in [1.82, 2.24) is 4.90 Å². The van der Waals surface area contributed by atoms with Gasteiger partial charge in [0.15, 0.2) is 0 Å². The van der Waals surface area contributed by atoms with Crippen LogP contribution in [0.5, 0.6) is 0 Å². The maximum Gasteiger partial charge on any atom is 0.327 e. The van der Waals surface area contributed by atoms with Crippen molar-refractivity contribution in [3.63, 3.8) is 0 Å². The third-order valence-corrected chi connectivity index (χ3v) is 3.17. The average Bonchev–Trinajstić information content (AvgIpc) is 2.39. The Morgan fingerprint density at radius 1 is 1.26 bits per heavy atom. The van der Waals surface area contributed by atoms with Gasteiger partial charge in [0.1, 0.15) is 0 Å². The Bertz CT molecular complexity index is 471. The molecule has 1 heterocycles. The summed E-state index contributed by atoms with van der Waals surface area (Å²) < 4.78 is 0. The maximum atomic E-state index is 12.0. The molecule has 0 aliphatic carbocycles. The predicted molar refractivity (Wildman–Crippen MR) is 78.8 cm³/mol. The molecule has 0 spiro atoms. The lowest BCUT2D eigenvalue weighted by molar-refractivity contribution is 0.233. The molecule has 2 amide bonds. The normalized spacial score (nSPS) is 15.4. The summed E-state index contributed by atoms with van der Waals surface area (Å²) in [5.74, 6) is 0. The van der Waals surface area contributed by atoms with Crippen LogP contribution in [-0.4, -0.2) is 30.4 Å². The van der Waals surface area contributed by atoms with Crippen LogP contribution in [0.2, 0.25) is 0 Å². The fourth-order valence-corrected chi connectivity index (χ4v) is 1.95. The molecule has 0 unspecified atom stereocenters. The Balaban J connectivity index is 2.01. The summed E-state index contributed by atoms with van der Waals surface area (Å²) in [5, 5.41) is 2.89. The third kappa shape index (κ3) is 3.56. The van der Waals surface area contributed by atoms with Crippen LogP contribution in [0.15, 0.2) is 29.3 Å².